The number of anilines is 1. The topological polar surface area (TPSA) is 105 Å². The second-order valence-electron chi connectivity index (χ2n) is 4.17. The summed E-state index contributed by atoms with van der Waals surface area (Å²) in [6, 6.07) is 0. The summed E-state index contributed by atoms with van der Waals surface area (Å²) in [5.74, 6) is 0.369. The van der Waals surface area contributed by atoms with Gasteiger partial charge in [-0.05, 0) is 6.92 Å². The lowest BCUT2D eigenvalue weighted by Crippen LogP contribution is -2.36. The lowest BCUT2D eigenvalue weighted by Gasteiger charge is -2.19. The summed E-state index contributed by atoms with van der Waals surface area (Å²) >= 11 is 0. The zero-order chi connectivity index (χ0) is 15.2. The van der Waals surface area contributed by atoms with Crippen molar-refractivity contribution in [3.63, 3.8) is 0 Å². The highest BCUT2D eigenvalue weighted by atomic mass is 32.2. The number of aliphatic hydroxyl groups is 1. The highest BCUT2D eigenvalue weighted by Gasteiger charge is 2.23. The van der Waals surface area contributed by atoms with Gasteiger partial charge in [0.25, 0.3) is 0 Å². The van der Waals surface area contributed by atoms with E-state index in [1.165, 1.54) is 26.6 Å². The van der Waals surface area contributed by atoms with Crippen LogP contribution in [0.2, 0.25) is 0 Å². The molecule has 1 atom stereocenters. The Kier molecular flexibility index (Phi) is 6.27. The largest absolute Gasteiger partial charge is 0.389 e. The molecule has 0 fully saturated rings. The van der Waals surface area contributed by atoms with Crippen molar-refractivity contribution in [1.29, 1.82) is 0 Å². The van der Waals surface area contributed by atoms with Crippen LogP contribution < -0.4 is 5.32 Å². The summed E-state index contributed by atoms with van der Waals surface area (Å²) in [7, 11) is -0.902. The minimum Gasteiger partial charge on any atom is -0.389 e. The van der Waals surface area contributed by atoms with E-state index in [4.69, 9.17) is 4.74 Å². The molecule has 1 heterocycles. The van der Waals surface area contributed by atoms with Gasteiger partial charge in [-0.1, -0.05) is 0 Å². The van der Waals surface area contributed by atoms with Crippen LogP contribution in [0.15, 0.2) is 17.3 Å². The number of methoxy groups -OCH3 is 1. The Hall–Kier alpha value is -1.29. The Morgan fingerprint density at radius 2 is 2.05 bits per heavy atom. The highest BCUT2D eigenvalue weighted by Crippen LogP contribution is 2.13. The molecule has 0 saturated carbocycles. The lowest BCUT2D eigenvalue weighted by molar-refractivity contribution is 0.0554. The number of sulfonamides is 1. The van der Waals surface area contributed by atoms with E-state index in [9.17, 15) is 13.5 Å². The summed E-state index contributed by atoms with van der Waals surface area (Å²) in [5.41, 5.74) is 0. The molecule has 0 saturated heterocycles. The molecular formula is C11H20N4O4S. The van der Waals surface area contributed by atoms with Crippen LogP contribution in [0, 0.1) is 0 Å². The molecule has 0 aliphatic rings. The third-order valence-corrected chi connectivity index (χ3v) is 4.27. The minimum atomic E-state index is -3.72. The number of rotatable bonds is 8. The first-order valence-electron chi connectivity index (χ1n) is 6.11. The zero-order valence-corrected chi connectivity index (χ0v) is 12.6. The molecule has 1 unspecified atom stereocenters. The van der Waals surface area contributed by atoms with Crippen molar-refractivity contribution in [3.8, 4) is 0 Å². The van der Waals surface area contributed by atoms with Crippen molar-refractivity contribution in [1.82, 2.24) is 14.3 Å². The fourth-order valence-electron chi connectivity index (χ4n) is 1.52. The third kappa shape index (κ3) is 4.37. The second kappa shape index (κ2) is 7.48. The Labute approximate surface area is 118 Å². The minimum absolute atomic E-state index is 0.0220. The van der Waals surface area contributed by atoms with Crippen LogP contribution in [0.3, 0.4) is 0 Å². The quantitative estimate of drug-likeness (QED) is 0.669. The summed E-state index contributed by atoms with van der Waals surface area (Å²) in [6.07, 6.45) is 1.58. The van der Waals surface area contributed by atoms with Crippen LogP contribution in [0.5, 0.6) is 0 Å². The third-order valence-electron chi connectivity index (χ3n) is 2.50. The summed E-state index contributed by atoms with van der Waals surface area (Å²) < 4.78 is 30.2. The molecule has 0 bridgehead atoms. The average Bonchev–Trinajstić information content (AvgIpc) is 2.40. The van der Waals surface area contributed by atoms with E-state index in [0.717, 1.165) is 4.31 Å². The van der Waals surface area contributed by atoms with Crippen LogP contribution in [0.4, 0.5) is 5.95 Å². The highest BCUT2D eigenvalue weighted by molar-refractivity contribution is 7.89. The second-order valence-corrected chi connectivity index (χ2v) is 6.21. The number of nitrogens with zero attached hydrogens (tertiary/aromatic N) is 3. The van der Waals surface area contributed by atoms with E-state index in [1.54, 1.807) is 0 Å². The molecule has 1 rings (SSSR count). The van der Waals surface area contributed by atoms with Crippen molar-refractivity contribution in [3.05, 3.63) is 12.4 Å². The van der Waals surface area contributed by atoms with Crippen LogP contribution >= 0.6 is 0 Å². The molecule has 0 aromatic carbocycles. The van der Waals surface area contributed by atoms with Gasteiger partial charge in [0.15, 0.2) is 0 Å². The number of ether oxygens (including phenoxy) is 1. The molecule has 0 aliphatic heterocycles. The van der Waals surface area contributed by atoms with Gasteiger partial charge in [0.2, 0.25) is 16.0 Å². The van der Waals surface area contributed by atoms with E-state index < -0.39 is 16.1 Å². The van der Waals surface area contributed by atoms with E-state index >= 15 is 0 Å². The molecule has 1 aromatic heterocycles. The van der Waals surface area contributed by atoms with Gasteiger partial charge in [-0.25, -0.2) is 18.4 Å². The van der Waals surface area contributed by atoms with Gasteiger partial charge in [-0.3, -0.25) is 0 Å². The molecule has 0 aliphatic carbocycles. The Balaban J connectivity index is 2.81. The van der Waals surface area contributed by atoms with E-state index in [-0.39, 0.29) is 18.0 Å². The fourth-order valence-corrected chi connectivity index (χ4v) is 2.62. The first kappa shape index (κ1) is 16.8. The average molecular weight is 304 g/mol. The molecule has 8 nitrogen and oxygen atoms in total. The molecule has 9 heteroatoms. The number of aromatic nitrogens is 2. The summed E-state index contributed by atoms with van der Waals surface area (Å²) in [4.78, 5) is 7.81. The van der Waals surface area contributed by atoms with Crippen molar-refractivity contribution in [2.24, 2.45) is 0 Å². The van der Waals surface area contributed by atoms with Gasteiger partial charge < -0.3 is 15.2 Å². The Morgan fingerprint density at radius 3 is 2.55 bits per heavy atom. The molecular weight excluding hydrogens is 284 g/mol. The maximum Gasteiger partial charge on any atom is 0.245 e. The van der Waals surface area contributed by atoms with Gasteiger partial charge in [0.05, 0.1) is 25.1 Å². The van der Waals surface area contributed by atoms with Crippen LogP contribution in [0.25, 0.3) is 0 Å². The number of hydrogen-bond donors (Lipinski definition) is 2. The number of likely N-dealkylation sites (N-methyl/N-ethyl adjacent to an activating group) is 1. The molecule has 0 amide bonds. The van der Waals surface area contributed by atoms with Crippen LogP contribution in [0.1, 0.15) is 6.92 Å². The molecule has 20 heavy (non-hydrogen) atoms. The Bertz CT molecular complexity index is 506. The maximum absolute atomic E-state index is 12.2. The Morgan fingerprint density at radius 1 is 1.45 bits per heavy atom. The predicted octanol–water partition coefficient (Wildman–Crippen LogP) is -0.464. The standard InChI is InChI=1S/C11H20N4O4S/c1-4-12-11-13-5-10(6-14-11)20(17,18)15(2)7-9(16)8-19-3/h5-6,9,16H,4,7-8H2,1-3H3,(H,12,13,14). The summed E-state index contributed by atoms with van der Waals surface area (Å²) in [5, 5.41) is 12.4. The summed E-state index contributed by atoms with van der Waals surface area (Å²) in [6.45, 7) is 2.54. The smallest absolute Gasteiger partial charge is 0.245 e. The molecule has 0 radical (unpaired) electrons. The monoisotopic (exact) mass is 304 g/mol. The van der Waals surface area contributed by atoms with E-state index in [1.807, 2.05) is 6.92 Å². The fraction of sp³-hybridized carbons (Fsp3) is 0.636. The van der Waals surface area contributed by atoms with Crippen molar-refractivity contribution >= 4 is 16.0 Å². The molecule has 2 N–H and O–H groups in total. The van der Waals surface area contributed by atoms with Crippen LogP contribution in [-0.4, -0.2) is 67.8 Å². The van der Waals surface area contributed by atoms with E-state index in [2.05, 4.69) is 15.3 Å². The lowest BCUT2D eigenvalue weighted by atomic mass is 10.4. The number of hydrogen-bond acceptors (Lipinski definition) is 7. The van der Waals surface area contributed by atoms with Crippen molar-refractivity contribution in [2.75, 3.05) is 39.2 Å². The van der Waals surface area contributed by atoms with Crippen molar-refractivity contribution in [2.45, 2.75) is 17.9 Å². The SMILES string of the molecule is CCNc1ncc(S(=O)(=O)N(C)CC(O)COC)cn1. The van der Waals surface area contributed by atoms with Crippen molar-refractivity contribution < 1.29 is 18.3 Å². The molecule has 1 aromatic rings. The first-order valence-corrected chi connectivity index (χ1v) is 7.55. The number of nitrogens with one attached hydrogen (secondary N) is 1. The van der Waals surface area contributed by atoms with Gasteiger partial charge in [-0.15, -0.1) is 0 Å². The zero-order valence-electron chi connectivity index (χ0n) is 11.8. The number of aliphatic hydroxyl groups excluding tert-OH is 1. The van der Waals surface area contributed by atoms with E-state index in [0.29, 0.717) is 12.5 Å². The van der Waals surface area contributed by atoms with Gasteiger partial charge in [0.1, 0.15) is 4.90 Å². The molecule has 114 valence electrons. The van der Waals surface area contributed by atoms with Gasteiger partial charge in [-0.2, -0.15) is 4.31 Å². The van der Waals surface area contributed by atoms with Gasteiger partial charge >= 0.3 is 0 Å². The first-order chi connectivity index (χ1) is 9.41. The maximum atomic E-state index is 12.2. The van der Waals surface area contributed by atoms with Gasteiger partial charge in [0, 0.05) is 27.2 Å². The van der Waals surface area contributed by atoms with Crippen LogP contribution in [-0.2, 0) is 14.8 Å². The molecule has 0 spiro atoms. The predicted molar refractivity (Wildman–Crippen MR) is 73.9 cm³/mol. The normalized spacial score (nSPS) is 13.4.